The van der Waals surface area contributed by atoms with Gasteiger partial charge in [-0.25, -0.2) is 0 Å². The van der Waals surface area contributed by atoms with Crippen molar-refractivity contribution in [3.8, 4) is 0 Å². The molecule has 0 radical (unpaired) electrons. The zero-order chi connectivity index (χ0) is 12.4. The van der Waals surface area contributed by atoms with Crippen molar-refractivity contribution >= 4 is 28.2 Å². The Morgan fingerprint density at radius 2 is 1.94 bits per heavy atom. The lowest BCUT2D eigenvalue weighted by molar-refractivity contribution is 1.05. The molecule has 3 rings (SSSR count). The summed E-state index contributed by atoms with van der Waals surface area (Å²) in [5.74, 6) is 1.07. The van der Waals surface area contributed by atoms with Crippen LogP contribution in [0.3, 0.4) is 0 Å². The van der Waals surface area contributed by atoms with Crippen LogP contribution in [0.15, 0.2) is 48.7 Å². The Morgan fingerprint density at radius 3 is 2.78 bits per heavy atom. The number of nitrogens with two attached hydrogens (primary N) is 1. The fourth-order valence-corrected chi connectivity index (χ4v) is 1.71. The molecule has 88 valence electrons. The third kappa shape index (κ3) is 2.06. The van der Waals surface area contributed by atoms with Crippen LogP contribution < -0.4 is 11.1 Å². The summed E-state index contributed by atoms with van der Waals surface area (Å²) in [5.41, 5.74) is 7.39. The third-order valence-corrected chi connectivity index (χ3v) is 2.56. The van der Waals surface area contributed by atoms with Gasteiger partial charge in [-0.3, -0.25) is 4.98 Å². The van der Waals surface area contributed by atoms with Crippen molar-refractivity contribution in [2.45, 2.75) is 0 Å². The van der Waals surface area contributed by atoms with Crippen molar-refractivity contribution < 1.29 is 0 Å². The van der Waals surface area contributed by atoms with Crippen LogP contribution in [-0.4, -0.2) is 15.2 Å². The number of anilines is 3. The predicted octanol–water partition coefficient (Wildman–Crippen LogP) is 2.35. The van der Waals surface area contributed by atoms with Crippen molar-refractivity contribution in [2.75, 3.05) is 11.1 Å². The van der Waals surface area contributed by atoms with Crippen LogP contribution >= 0.6 is 0 Å². The number of hydrogen-bond acceptors (Lipinski definition) is 5. The van der Waals surface area contributed by atoms with E-state index in [9.17, 15) is 0 Å². The summed E-state index contributed by atoms with van der Waals surface area (Å²) >= 11 is 0. The van der Waals surface area contributed by atoms with Gasteiger partial charge in [-0.1, -0.05) is 6.07 Å². The molecule has 0 bridgehead atoms. The van der Waals surface area contributed by atoms with Gasteiger partial charge in [-0.2, -0.15) is 0 Å². The quantitative estimate of drug-likeness (QED) is 0.715. The van der Waals surface area contributed by atoms with E-state index in [2.05, 4.69) is 20.5 Å². The molecule has 5 heteroatoms. The minimum absolute atomic E-state index is 0.406. The molecule has 0 aliphatic carbocycles. The molecule has 3 aromatic rings. The minimum Gasteiger partial charge on any atom is -0.382 e. The highest BCUT2D eigenvalue weighted by Gasteiger charge is 1.99. The summed E-state index contributed by atoms with van der Waals surface area (Å²) in [6.45, 7) is 0. The zero-order valence-corrected chi connectivity index (χ0v) is 9.54. The summed E-state index contributed by atoms with van der Waals surface area (Å²) in [5, 5.41) is 12.0. The molecule has 0 amide bonds. The SMILES string of the molecule is Nc1ccc(Nc2ccc3ncccc3c2)nn1. The Labute approximate surface area is 104 Å². The van der Waals surface area contributed by atoms with Crippen LogP contribution in [0, 0.1) is 0 Å². The van der Waals surface area contributed by atoms with Gasteiger partial charge in [0.2, 0.25) is 0 Å². The highest BCUT2D eigenvalue weighted by molar-refractivity contribution is 5.82. The van der Waals surface area contributed by atoms with Gasteiger partial charge in [0.1, 0.15) is 5.82 Å². The number of hydrogen-bond donors (Lipinski definition) is 2. The molecule has 5 nitrogen and oxygen atoms in total. The Bertz CT molecular complexity index is 678. The molecule has 0 saturated carbocycles. The molecule has 0 fully saturated rings. The lowest BCUT2D eigenvalue weighted by Crippen LogP contribution is -1.98. The lowest BCUT2D eigenvalue weighted by atomic mass is 10.2. The average Bonchev–Trinajstić information content (AvgIpc) is 2.41. The highest BCUT2D eigenvalue weighted by Crippen LogP contribution is 2.19. The highest BCUT2D eigenvalue weighted by atomic mass is 15.2. The Morgan fingerprint density at radius 1 is 1.00 bits per heavy atom. The number of rotatable bonds is 2. The van der Waals surface area contributed by atoms with E-state index in [1.165, 1.54) is 0 Å². The molecule has 0 spiro atoms. The normalized spacial score (nSPS) is 10.4. The number of nitrogens with zero attached hydrogens (tertiary/aromatic N) is 3. The summed E-state index contributed by atoms with van der Waals surface area (Å²) in [7, 11) is 0. The van der Waals surface area contributed by atoms with Crippen LogP contribution in [0.1, 0.15) is 0 Å². The fourth-order valence-electron chi connectivity index (χ4n) is 1.71. The molecule has 18 heavy (non-hydrogen) atoms. The van der Waals surface area contributed by atoms with Gasteiger partial charge < -0.3 is 11.1 Å². The molecule has 0 aliphatic rings. The van der Waals surface area contributed by atoms with E-state index in [0.29, 0.717) is 11.6 Å². The molecule has 2 aromatic heterocycles. The van der Waals surface area contributed by atoms with Gasteiger partial charge in [0.25, 0.3) is 0 Å². The van der Waals surface area contributed by atoms with E-state index >= 15 is 0 Å². The van der Waals surface area contributed by atoms with Gasteiger partial charge >= 0.3 is 0 Å². The largest absolute Gasteiger partial charge is 0.382 e. The number of nitrogen functional groups attached to an aromatic ring is 1. The van der Waals surface area contributed by atoms with Gasteiger partial charge in [0.05, 0.1) is 5.52 Å². The Balaban J connectivity index is 1.92. The second-order valence-electron chi connectivity index (χ2n) is 3.88. The first-order chi connectivity index (χ1) is 8.81. The topological polar surface area (TPSA) is 76.7 Å². The average molecular weight is 237 g/mol. The van der Waals surface area contributed by atoms with E-state index < -0.39 is 0 Å². The first kappa shape index (κ1) is 10.5. The van der Waals surface area contributed by atoms with Gasteiger partial charge in [0, 0.05) is 17.3 Å². The van der Waals surface area contributed by atoms with E-state index in [1.807, 2.05) is 30.3 Å². The smallest absolute Gasteiger partial charge is 0.153 e. The Hall–Kier alpha value is -2.69. The van der Waals surface area contributed by atoms with Gasteiger partial charge in [-0.05, 0) is 36.4 Å². The number of benzene rings is 1. The molecular formula is C13H11N5. The standard InChI is InChI=1S/C13H11N5/c14-12-5-6-13(18-17-12)16-10-3-4-11-9(8-10)2-1-7-15-11/h1-8H,(H2,14,17)(H,16,18). The van der Waals surface area contributed by atoms with Gasteiger partial charge in [-0.15, -0.1) is 10.2 Å². The number of aromatic nitrogens is 3. The second kappa shape index (κ2) is 4.29. The first-order valence-electron chi connectivity index (χ1n) is 5.52. The maximum atomic E-state index is 5.48. The molecule has 3 N–H and O–H groups in total. The zero-order valence-electron chi connectivity index (χ0n) is 9.54. The maximum absolute atomic E-state index is 5.48. The van der Waals surface area contributed by atoms with E-state index in [-0.39, 0.29) is 0 Å². The molecule has 0 saturated heterocycles. The maximum Gasteiger partial charge on any atom is 0.153 e. The van der Waals surface area contributed by atoms with Gasteiger partial charge in [0.15, 0.2) is 5.82 Å². The summed E-state index contributed by atoms with van der Waals surface area (Å²) in [6, 6.07) is 13.3. The minimum atomic E-state index is 0.406. The van der Waals surface area contributed by atoms with Crippen molar-refractivity contribution in [3.63, 3.8) is 0 Å². The molecule has 0 unspecified atom stereocenters. The molecule has 0 aliphatic heterocycles. The predicted molar refractivity (Wildman–Crippen MR) is 71.5 cm³/mol. The molecule has 1 aromatic carbocycles. The lowest BCUT2D eigenvalue weighted by Gasteiger charge is -2.05. The summed E-state index contributed by atoms with van der Waals surface area (Å²) < 4.78 is 0. The third-order valence-electron chi connectivity index (χ3n) is 2.56. The first-order valence-corrected chi connectivity index (χ1v) is 5.52. The van der Waals surface area contributed by atoms with Crippen molar-refractivity contribution in [1.29, 1.82) is 0 Å². The summed E-state index contributed by atoms with van der Waals surface area (Å²) in [4.78, 5) is 4.27. The van der Waals surface area contributed by atoms with Crippen LogP contribution in [-0.2, 0) is 0 Å². The molecule has 2 heterocycles. The fraction of sp³-hybridized carbons (Fsp3) is 0. The summed E-state index contributed by atoms with van der Waals surface area (Å²) in [6.07, 6.45) is 1.78. The van der Waals surface area contributed by atoms with Crippen LogP contribution in [0.4, 0.5) is 17.3 Å². The molecular weight excluding hydrogens is 226 g/mol. The number of fused-ring (bicyclic) bond motifs is 1. The van der Waals surface area contributed by atoms with E-state index in [4.69, 9.17) is 5.73 Å². The molecule has 0 atom stereocenters. The Kier molecular flexibility index (Phi) is 2.49. The van der Waals surface area contributed by atoms with Crippen LogP contribution in [0.5, 0.6) is 0 Å². The van der Waals surface area contributed by atoms with Crippen LogP contribution in [0.25, 0.3) is 10.9 Å². The number of nitrogens with one attached hydrogen (secondary N) is 1. The van der Waals surface area contributed by atoms with E-state index in [0.717, 1.165) is 16.6 Å². The van der Waals surface area contributed by atoms with Crippen molar-refractivity contribution in [2.24, 2.45) is 0 Å². The van der Waals surface area contributed by atoms with E-state index in [1.54, 1.807) is 18.3 Å². The number of pyridine rings is 1. The van der Waals surface area contributed by atoms with Crippen molar-refractivity contribution in [1.82, 2.24) is 15.2 Å². The second-order valence-corrected chi connectivity index (χ2v) is 3.88. The monoisotopic (exact) mass is 237 g/mol. The van der Waals surface area contributed by atoms with Crippen LogP contribution in [0.2, 0.25) is 0 Å². The van der Waals surface area contributed by atoms with Crippen molar-refractivity contribution in [3.05, 3.63) is 48.7 Å².